The fraction of sp³-hybridized carbons (Fsp3) is 0.368. The minimum Gasteiger partial charge on any atom is -0.360 e. The molecule has 1 spiro atoms. The predicted molar refractivity (Wildman–Crippen MR) is 96.6 cm³/mol. The summed E-state index contributed by atoms with van der Waals surface area (Å²) in [6.45, 7) is 0. The summed E-state index contributed by atoms with van der Waals surface area (Å²) >= 11 is 1.62. The predicted octanol–water partition coefficient (Wildman–Crippen LogP) is 2.61. The molecule has 2 N–H and O–H groups in total. The first-order valence-electron chi connectivity index (χ1n) is 8.69. The third-order valence-corrected chi connectivity index (χ3v) is 6.56. The van der Waals surface area contributed by atoms with Crippen molar-refractivity contribution in [2.45, 2.75) is 43.4 Å². The molecule has 5 nitrogen and oxygen atoms in total. The first-order chi connectivity index (χ1) is 12.2. The second-order valence-corrected chi connectivity index (χ2v) is 8.14. The molecule has 1 aromatic carbocycles. The maximum atomic E-state index is 12.9. The Labute approximate surface area is 150 Å². The minimum absolute atomic E-state index is 0.0160. The minimum atomic E-state index is -0.528. The lowest BCUT2D eigenvalue weighted by atomic mass is 9.86. The van der Waals surface area contributed by atoms with Crippen LogP contribution in [0, 0.1) is 0 Å². The van der Waals surface area contributed by atoms with Crippen molar-refractivity contribution in [2.24, 2.45) is 0 Å². The monoisotopic (exact) mass is 353 g/mol. The molecule has 3 aliphatic rings. The van der Waals surface area contributed by atoms with E-state index in [1.807, 2.05) is 46.7 Å². The Morgan fingerprint density at radius 2 is 2.08 bits per heavy atom. The Morgan fingerprint density at radius 1 is 1.20 bits per heavy atom. The molecule has 128 valence electrons. The van der Waals surface area contributed by atoms with Gasteiger partial charge in [0, 0.05) is 23.0 Å². The van der Waals surface area contributed by atoms with Crippen LogP contribution < -0.4 is 10.6 Å². The number of anilines is 1. The summed E-state index contributed by atoms with van der Waals surface area (Å²) < 4.78 is 0. The highest BCUT2D eigenvalue weighted by molar-refractivity contribution is 7.10. The number of amides is 2. The maximum absolute atomic E-state index is 12.9. The molecule has 1 aromatic heterocycles. The van der Waals surface area contributed by atoms with Crippen LogP contribution in [0.25, 0.3) is 0 Å². The van der Waals surface area contributed by atoms with E-state index in [-0.39, 0.29) is 23.9 Å². The van der Waals surface area contributed by atoms with Crippen LogP contribution in [-0.4, -0.2) is 34.5 Å². The molecule has 3 atom stereocenters. The number of hydrogen-bond acceptors (Lipinski definition) is 4. The van der Waals surface area contributed by atoms with Crippen LogP contribution in [0.3, 0.4) is 0 Å². The van der Waals surface area contributed by atoms with Gasteiger partial charge in [-0.3, -0.25) is 9.59 Å². The van der Waals surface area contributed by atoms with Gasteiger partial charge in [0.2, 0.25) is 5.91 Å². The van der Waals surface area contributed by atoms with Crippen molar-refractivity contribution in [1.82, 2.24) is 10.2 Å². The highest BCUT2D eigenvalue weighted by Crippen LogP contribution is 2.46. The largest absolute Gasteiger partial charge is 0.360 e. The van der Waals surface area contributed by atoms with Crippen molar-refractivity contribution < 1.29 is 9.59 Å². The first-order valence-corrected chi connectivity index (χ1v) is 9.57. The number of carbonyl (C=O) groups is 2. The smallest absolute Gasteiger partial charge is 0.255 e. The molecule has 0 saturated carbocycles. The summed E-state index contributed by atoms with van der Waals surface area (Å²) in [7, 11) is 0. The van der Waals surface area contributed by atoms with Crippen molar-refractivity contribution in [3.8, 4) is 0 Å². The molecule has 0 unspecified atom stereocenters. The van der Waals surface area contributed by atoms with Crippen molar-refractivity contribution in [3.05, 3.63) is 52.2 Å². The lowest BCUT2D eigenvalue weighted by Gasteiger charge is -2.43. The van der Waals surface area contributed by atoms with Gasteiger partial charge in [0.25, 0.3) is 5.91 Å². The summed E-state index contributed by atoms with van der Waals surface area (Å²) in [6.07, 6.45) is 3.16. The Balaban J connectivity index is 1.44. The van der Waals surface area contributed by atoms with Crippen molar-refractivity contribution >= 4 is 28.8 Å². The lowest BCUT2D eigenvalue weighted by molar-refractivity contribution is -0.132. The fourth-order valence-electron chi connectivity index (χ4n) is 4.71. The average Bonchev–Trinajstić information content (AvgIpc) is 3.30. The molecule has 0 radical (unpaired) electrons. The number of benzene rings is 1. The van der Waals surface area contributed by atoms with E-state index in [9.17, 15) is 9.59 Å². The molecule has 2 aromatic rings. The zero-order valence-corrected chi connectivity index (χ0v) is 14.5. The van der Waals surface area contributed by atoms with Crippen LogP contribution >= 0.6 is 11.3 Å². The number of nitrogens with one attached hydrogen (secondary N) is 2. The number of thiophene rings is 1. The molecule has 4 heterocycles. The quantitative estimate of drug-likeness (QED) is 0.872. The average molecular weight is 353 g/mol. The van der Waals surface area contributed by atoms with Crippen molar-refractivity contribution in [2.75, 3.05) is 5.32 Å². The van der Waals surface area contributed by atoms with E-state index in [1.165, 1.54) is 0 Å². The van der Waals surface area contributed by atoms with E-state index in [0.717, 1.165) is 29.8 Å². The van der Waals surface area contributed by atoms with Gasteiger partial charge in [-0.2, -0.15) is 0 Å². The van der Waals surface area contributed by atoms with Crippen LogP contribution in [0.4, 0.5) is 5.69 Å². The number of hydrogen-bond donors (Lipinski definition) is 2. The van der Waals surface area contributed by atoms with Crippen LogP contribution in [0.2, 0.25) is 0 Å². The molecular weight excluding hydrogens is 334 g/mol. The third-order valence-electron chi connectivity index (χ3n) is 5.69. The lowest BCUT2D eigenvalue weighted by Crippen LogP contribution is -2.64. The van der Waals surface area contributed by atoms with Crippen LogP contribution in [-0.2, 0) is 11.2 Å². The SMILES string of the molecule is O=C1N[C@]2(C[C@H]3CC[C@@H]2N3C(=O)Cc2cccs2)Nc2ccccc21. The van der Waals surface area contributed by atoms with Gasteiger partial charge in [-0.15, -0.1) is 11.3 Å². The van der Waals surface area contributed by atoms with Crippen LogP contribution in [0.15, 0.2) is 41.8 Å². The van der Waals surface area contributed by atoms with Gasteiger partial charge in [0.1, 0.15) is 5.66 Å². The standard InChI is InChI=1S/C19H19N3O2S/c23-17(10-13-4-3-9-25-13)22-12-7-8-16(22)19(11-12)20-15-6-2-1-5-14(15)18(24)21-19/h1-6,9,12,16,20H,7-8,10-11H2,(H,21,24)/t12-,16+,19+/m1/s1. The number of fused-ring (bicyclic) bond motifs is 4. The molecule has 2 amide bonds. The molecule has 3 aliphatic heterocycles. The van der Waals surface area contributed by atoms with Crippen LogP contribution in [0.1, 0.15) is 34.5 Å². The van der Waals surface area contributed by atoms with E-state index in [4.69, 9.17) is 0 Å². The summed E-state index contributed by atoms with van der Waals surface area (Å²) in [6, 6.07) is 11.8. The number of carbonyl (C=O) groups excluding carboxylic acids is 2. The summed E-state index contributed by atoms with van der Waals surface area (Å²) in [5.74, 6) is 0.120. The molecule has 2 fully saturated rings. The Kier molecular flexibility index (Phi) is 3.19. The summed E-state index contributed by atoms with van der Waals surface area (Å²) in [4.78, 5) is 28.6. The first kappa shape index (κ1) is 15.0. The molecule has 2 bridgehead atoms. The molecule has 5 rings (SSSR count). The zero-order valence-electron chi connectivity index (χ0n) is 13.7. The number of nitrogens with zero attached hydrogens (tertiary/aromatic N) is 1. The zero-order chi connectivity index (χ0) is 17.0. The van der Waals surface area contributed by atoms with Gasteiger partial charge < -0.3 is 15.5 Å². The van der Waals surface area contributed by atoms with E-state index in [2.05, 4.69) is 10.6 Å². The van der Waals surface area contributed by atoms with Crippen molar-refractivity contribution in [3.63, 3.8) is 0 Å². The highest BCUT2D eigenvalue weighted by Gasteiger charge is 2.59. The van der Waals surface area contributed by atoms with E-state index < -0.39 is 5.66 Å². The van der Waals surface area contributed by atoms with Gasteiger partial charge >= 0.3 is 0 Å². The molecule has 6 heteroatoms. The third kappa shape index (κ3) is 2.20. The van der Waals surface area contributed by atoms with E-state index in [1.54, 1.807) is 11.3 Å². The van der Waals surface area contributed by atoms with Gasteiger partial charge in [-0.05, 0) is 36.4 Å². The molecule has 25 heavy (non-hydrogen) atoms. The maximum Gasteiger partial charge on any atom is 0.255 e. The topological polar surface area (TPSA) is 61.4 Å². The number of para-hydroxylation sites is 1. The van der Waals surface area contributed by atoms with Gasteiger partial charge in [0.15, 0.2) is 0 Å². The Bertz CT molecular complexity index is 850. The van der Waals surface area contributed by atoms with Crippen LogP contribution in [0.5, 0.6) is 0 Å². The Morgan fingerprint density at radius 3 is 2.92 bits per heavy atom. The van der Waals surface area contributed by atoms with Gasteiger partial charge in [0.05, 0.1) is 18.0 Å². The molecule has 2 saturated heterocycles. The summed E-state index contributed by atoms with van der Waals surface area (Å²) in [5, 5.41) is 8.74. The van der Waals surface area contributed by atoms with Gasteiger partial charge in [-0.1, -0.05) is 18.2 Å². The number of rotatable bonds is 2. The molecular formula is C19H19N3O2S. The van der Waals surface area contributed by atoms with E-state index >= 15 is 0 Å². The van der Waals surface area contributed by atoms with Crippen molar-refractivity contribution in [1.29, 1.82) is 0 Å². The van der Waals surface area contributed by atoms with Gasteiger partial charge in [-0.25, -0.2) is 0 Å². The summed E-state index contributed by atoms with van der Waals surface area (Å²) in [5.41, 5.74) is 1.01. The Hall–Kier alpha value is -2.34. The fourth-order valence-corrected chi connectivity index (χ4v) is 5.40. The second kappa shape index (κ2) is 5.33. The highest BCUT2D eigenvalue weighted by atomic mass is 32.1. The molecule has 0 aliphatic carbocycles. The second-order valence-electron chi connectivity index (χ2n) is 7.10. The normalized spacial score (nSPS) is 29.4. The van der Waals surface area contributed by atoms with E-state index in [0.29, 0.717) is 12.0 Å².